The van der Waals surface area contributed by atoms with E-state index in [-0.39, 0.29) is 32.8 Å². The fourth-order valence-electron chi connectivity index (χ4n) is 1.76. The Morgan fingerprint density at radius 1 is 0.917 bits per heavy atom. The SMILES string of the molecule is CCOC(=O)C[C@@H](NC(=O)CP(=O)(OCC)OCC)C(=O)OCC. The molecule has 9 nitrogen and oxygen atoms in total. The van der Waals surface area contributed by atoms with E-state index in [1.165, 1.54) is 0 Å². The zero-order valence-electron chi connectivity index (χ0n) is 14.5. The Labute approximate surface area is 141 Å². The summed E-state index contributed by atoms with van der Waals surface area (Å²) in [7, 11) is -3.60. The maximum Gasteiger partial charge on any atom is 0.340 e. The number of nitrogens with one attached hydrogen (secondary N) is 1. The molecule has 0 aromatic carbocycles. The zero-order valence-corrected chi connectivity index (χ0v) is 15.4. The summed E-state index contributed by atoms with van der Waals surface area (Å²) < 4.78 is 31.9. The summed E-state index contributed by atoms with van der Waals surface area (Å²) in [5.41, 5.74) is 0. The minimum Gasteiger partial charge on any atom is -0.466 e. The van der Waals surface area contributed by atoms with Crippen molar-refractivity contribution in [2.75, 3.05) is 32.6 Å². The van der Waals surface area contributed by atoms with Crippen molar-refractivity contribution in [1.82, 2.24) is 5.32 Å². The summed E-state index contributed by atoms with van der Waals surface area (Å²) in [5.74, 6) is -2.18. The molecule has 0 saturated heterocycles. The minimum atomic E-state index is -3.60. The van der Waals surface area contributed by atoms with E-state index < -0.39 is 37.6 Å². The van der Waals surface area contributed by atoms with Gasteiger partial charge in [0.25, 0.3) is 0 Å². The fraction of sp³-hybridized carbons (Fsp3) is 0.786. The van der Waals surface area contributed by atoms with Crippen molar-refractivity contribution in [3.63, 3.8) is 0 Å². The molecule has 0 saturated carbocycles. The number of hydrogen-bond donors (Lipinski definition) is 1. The van der Waals surface area contributed by atoms with Crippen molar-refractivity contribution in [2.24, 2.45) is 0 Å². The van der Waals surface area contributed by atoms with Gasteiger partial charge in [-0.1, -0.05) is 0 Å². The van der Waals surface area contributed by atoms with Gasteiger partial charge in [0.1, 0.15) is 12.2 Å². The molecule has 24 heavy (non-hydrogen) atoms. The first-order valence-electron chi connectivity index (χ1n) is 7.81. The van der Waals surface area contributed by atoms with Crippen LogP contribution in [0.1, 0.15) is 34.1 Å². The Bertz CT molecular complexity index is 458. The first kappa shape index (κ1) is 22.6. The second-order valence-corrected chi connectivity index (χ2v) is 6.54. The molecular formula is C14H26NO8P. The molecular weight excluding hydrogens is 341 g/mol. The summed E-state index contributed by atoms with van der Waals surface area (Å²) in [6, 6.07) is -1.23. The normalized spacial score (nSPS) is 12.3. The average Bonchev–Trinajstić information content (AvgIpc) is 2.47. The number of carbonyl (C=O) groups excluding carboxylic acids is 3. The predicted molar refractivity (Wildman–Crippen MR) is 85.5 cm³/mol. The van der Waals surface area contributed by atoms with Gasteiger partial charge in [-0.15, -0.1) is 0 Å². The highest BCUT2D eigenvalue weighted by Gasteiger charge is 2.31. The maximum absolute atomic E-state index is 12.3. The molecule has 0 bridgehead atoms. The number of amides is 1. The van der Waals surface area contributed by atoms with E-state index in [1.54, 1.807) is 27.7 Å². The molecule has 0 spiro atoms. The lowest BCUT2D eigenvalue weighted by molar-refractivity contribution is -0.153. The molecule has 0 aromatic heterocycles. The van der Waals surface area contributed by atoms with Gasteiger partial charge in [0.05, 0.1) is 32.8 Å². The highest BCUT2D eigenvalue weighted by atomic mass is 31.2. The van der Waals surface area contributed by atoms with Gasteiger partial charge in [0.2, 0.25) is 5.91 Å². The number of carbonyl (C=O) groups is 3. The first-order chi connectivity index (χ1) is 11.3. The number of esters is 2. The molecule has 0 aromatic rings. The first-order valence-corrected chi connectivity index (χ1v) is 9.54. The summed E-state index contributed by atoms with van der Waals surface area (Å²) in [6.07, 6.45) is -0.945. The van der Waals surface area contributed by atoms with Crippen LogP contribution in [-0.4, -0.2) is 56.5 Å². The lowest BCUT2D eigenvalue weighted by Gasteiger charge is -2.19. The minimum absolute atomic E-state index is 0.0877. The van der Waals surface area contributed by atoms with Gasteiger partial charge >= 0.3 is 19.5 Å². The smallest absolute Gasteiger partial charge is 0.340 e. The third-order valence-electron chi connectivity index (χ3n) is 2.57. The third kappa shape index (κ3) is 9.00. The molecule has 140 valence electrons. The van der Waals surface area contributed by atoms with Crippen LogP contribution in [0.15, 0.2) is 0 Å². The molecule has 0 heterocycles. The second-order valence-electron chi connectivity index (χ2n) is 4.49. The lowest BCUT2D eigenvalue weighted by Crippen LogP contribution is -2.44. The molecule has 0 aliphatic rings. The Morgan fingerprint density at radius 2 is 1.46 bits per heavy atom. The van der Waals surface area contributed by atoms with Crippen LogP contribution < -0.4 is 5.32 Å². The Hall–Kier alpha value is -1.44. The van der Waals surface area contributed by atoms with E-state index in [0.717, 1.165) is 0 Å². The van der Waals surface area contributed by atoms with E-state index >= 15 is 0 Å². The Balaban J connectivity index is 4.92. The maximum atomic E-state index is 12.3. The lowest BCUT2D eigenvalue weighted by atomic mass is 10.2. The van der Waals surface area contributed by atoms with E-state index in [4.69, 9.17) is 18.5 Å². The molecule has 0 radical (unpaired) electrons. The van der Waals surface area contributed by atoms with Crippen LogP contribution in [0.2, 0.25) is 0 Å². The van der Waals surface area contributed by atoms with Crippen LogP contribution in [0.4, 0.5) is 0 Å². The third-order valence-corrected chi connectivity index (χ3v) is 4.55. The van der Waals surface area contributed by atoms with E-state index in [0.29, 0.717) is 0 Å². The van der Waals surface area contributed by atoms with Crippen molar-refractivity contribution in [3.05, 3.63) is 0 Å². The van der Waals surface area contributed by atoms with Crippen LogP contribution in [0, 0.1) is 0 Å². The Kier molecular flexibility index (Phi) is 11.3. The van der Waals surface area contributed by atoms with Crippen molar-refractivity contribution in [2.45, 2.75) is 40.2 Å². The van der Waals surface area contributed by atoms with E-state index in [1.807, 2.05) is 0 Å². The molecule has 0 aliphatic carbocycles. The van der Waals surface area contributed by atoms with Gasteiger partial charge in [0.15, 0.2) is 0 Å². The molecule has 1 atom stereocenters. The van der Waals surface area contributed by atoms with Crippen LogP contribution in [0.3, 0.4) is 0 Å². The topological polar surface area (TPSA) is 117 Å². The quantitative estimate of drug-likeness (QED) is 0.405. The van der Waals surface area contributed by atoms with E-state index in [9.17, 15) is 18.9 Å². The largest absolute Gasteiger partial charge is 0.466 e. The van der Waals surface area contributed by atoms with Gasteiger partial charge in [-0.3, -0.25) is 14.2 Å². The summed E-state index contributed by atoms with van der Waals surface area (Å²) in [6.45, 7) is 6.90. The molecule has 0 fully saturated rings. The van der Waals surface area contributed by atoms with Crippen LogP contribution >= 0.6 is 7.60 Å². The molecule has 1 N–H and O–H groups in total. The van der Waals surface area contributed by atoms with Crippen molar-refractivity contribution >= 4 is 25.4 Å². The second kappa shape index (κ2) is 12.0. The van der Waals surface area contributed by atoms with Crippen molar-refractivity contribution in [3.8, 4) is 0 Å². The van der Waals surface area contributed by atoms with Gasteiger partial charge in [0, 0.05) is 0 Å². The average molecular weight is 367 g/mol. The molecule has 1 amide bonds. The summed E-state index contributed by atoms with van der Waals surface area (Å²) in [4.78, 5) is 35.5. The standard InChI is InChI=1S/C14H26NO8P/c1-5-20-13(17)9-11(14(18)21-6-2)15-12(16)10-24(19,22-7-3)23-8-4/h11H,5-10H2,1-4H3,(H,15,16)/t11-/m1/s1. The molecule has 0 unspecified atom stereocenters. The predicted octanol–water partition coefficient (Wildman–Crippen LogP) is 1.25. The highest BCUT2D eigenvalue weighted by Crippen LogP contribution is 2.47. The van der Waals surface area contributed by atoms with Gasteiger partial charge in [-0.25, -0.2) is 4.79 Å². The highest BCUT2D eigenvalue weighted by molar-refractivity contribution is 7.54. The molecule has 0 rings (SSSR count). The van der Waals surface area contributed by atoms with Crippen LogP contribution in [0.5, 0.6) is 0 Å². The molecule has 10 heteroatoms. The van der Waals surface area contributed by atoms with Crippen LogP contribution in [0.25, 0.3) is 0 Å². The van der Waals surface area contributed by atoms with Crippen molar-refractivity contribution in [1.29, 1.82) is 0 Å². The van der Waals surface area contributed by atoms with Crippen LogP contribution in [-0.2, 0) is 37.5 Å². The summed E-state index contributed by atoms with van der Waals surface area (Å²) >= 11 is 0. The molecule has 0 aliphatic heterocycles. The van der Waals surface area contributed by atoms with E-state index in [2.05, 4.69) is 5.32 Å². The summed E-state index contributed by atoms with van der Waals surface area (Å²) in [5, 5.41) is 2.32. The van der Waals surface area contributed by atoms with Gasteiger partial charge < -0.3 is 23.8 Å². The number of hydrogen-bond acceptors (Lipinski definition) is 8. The zero-order chi connectivity index (χ0) is 18.6. The van der Waals surface area contributed by atoms with Gasteiger partial charge in [-0.2, -0.15) is 0 Å². The van der Waals surface area contributed by atoms with Gasteiger partial charge in [-0.05, 0) is 27.7 Å². The Morgan fingerprint density at radius 3 is 1.92 bits per heavy atom. The number of ether oxygens (including phenoxy) is 2. The fourth-order valence-corrected chi connectivity index (χ4v) is 3.25. The monoisotopic (exact) mass is 367 g/mol. The van der Waals surface area contributed by atoms with Crippen molar-refractivity contribution < 1.29 is 37.5 Å². The number of rotatable bonds is 12.